The molecule has 0 saturated carbocycles. The van der Waals surface area contributed by atoms with Crippen molar-refractivity contribution < 1.29 is 83.1 Å². The third kappa shape index (κ3) is 4.51. The molecule has 212 valence electrons. The van der Waals surface area contributed by atoms with Crippen LogP contribution in [0.1, 0.15) is 26.7 Å². The molecule has 0 heterocycles. The first kappa shape index (κ1) is 33.7. The Labute approximate surface area is 185 Å². The third-order valence-electron chi connectivity index (χ3n) is 4.30. The summed E-state index contributed by atoms with van der Waals surface area (Å²) in [4.78, 5) is 0. The van der Waals surface area contributed by atoms with Gasteiger partial charge >= 0.3 is 47.0 Å². The smallest absolute Gasteiger partial charge is 0.206 e. The lowest BCUT2D eigenvalue weighted by molar-refractivity contribution is -0.458. The molecule has 0 aromatic rings. The number of hydrogen-bond acceptors (Lipinski definition) is 2. The van der Waals surface area contributed by atoms with Crippen LogP contribution in [0, 0.1) is 0 Å². The molecule has 0 unspecified atom stereocenters. The van der Waals surface area contributed by atoms with Gasteiger partial charge in [0.15, 0.2) is 0 Å². The Hall–Kier alpha value is -1.28. The Kier molecular flexibility index (Phi) is 8.89. The first-order valence-corrected chi connectivity index (χ1v) is 10.2. The highest BCUT2D eigenvalue weighted by atomic mass is 32.2. The predicted octanol–water partition coefficient (Wildman–Crippen LogP) is 6.41. The molecule has 0 aromatic carbocycles. The maximum absolute atomic E-state index is 14.1. The molecule has 0 bridgehead atoms. The molecule has 21 heteroatoms. The van der Waals surface area contributed by atoms with E-state index in [1.165, 1.54) is 0 Å². The summed E-state index contributed by atoms with van der Waals surface area (Å²) in [6.07, 6.45) is -8.85. The number of hydrogen-bond donors (Lipinski definition) is 0. The first-order chi connectivity index (χ1) is 15.0. The molecule has 0 radical (unpaired) electrons. The van der Waals surface area contributed by atoms with Crippen LogP contribution in [-0.4, -0.2) is 72.8 Å². The van der Waals surface area contributed by atoms with Crippen molar-refractivity contribution in [2.75, 3.05) is 13.1 Å². The topological polar surface area (TPSA) is 37.4 Å². The fourth-order valence-corrected chi connectivity index (χ4v) is 3.95. The second-order valence-electron chi connectivity index (χ2n) is 6.86. The summed E-state index contributed by atoms with van der Waals surface area (Å²) in [5.74, 6) is -51.5. The molecule has 0 amide bonds. The second kappa shape index (κ2) is 9.23. The van der Waals surface area contributed by atoms with E-state index in [1.807, 2.05) is 0 Å². The first-order valence-electron chi connectivity index (χ1n) is 8.73. The van der Waals surface area contributed by atoms with Gasteiger partial charge in [-0.15, -0.1) is 0 Å². The van der Waals surface area contributed by atoms with Gasteiger partial charge in [0, 0.05) is 13.1 Å². The zero-order valence-corrected chi connectivity index (χ0v) is 17.7. The van der Waals surface area contributed by atoms with Crippen molar-refractivity contribution in [1.29, 1.82) is 0 Å². The van der Waals surface area contributed by atoms with Crippen LogP contribution in [-0.2, 0) is 10.0 Å². The standard InChI is InChI=1S/C14H14F17NO2S/c1-3-5-32(6-4-2)35(33,34)14(30,31)12(25,26)10(21,22)8(17,18)7(15,16)9(19,20)11(23,24)13(27,28)29/h3-6H2,1-2H3. The zero-order valence-electron chi connectivity index (χ0n) is 16.9. The highest BCUT2D eigenvalue weighted by Gasteiger charge is 2.96. The van der Waals surface area contributed by atoms with Gasteiger partial charge in [-0.2, -0.15) is 78.9 Å². The van der Waals surface area contributed by atoms with Crippen molar-refractivity contribution in [3.8, 4) is 0 Å². The van der Waals surface area contributed by atoms with E-state index in [1.54, 1.807) is 0 Å². The Morgan fingerprint density at radius 1 is 0.486 bits per heavy atom. The summed E-state index contributed by atoms with van der Waals surface area (Å²) in [5.41, 5.74) is 0. The number of halogens is 17. The number of sulfonamides is 1. The Balaban J connectivity index is 7.02. The molecule has 0 aromatic heterocycles. The normalized spacial score (nSPS) is 16.2. The molecule has 0 rings (SSSR count). The van der Waals surface area contributed by atoms with Crippen LogP contribution in [0.25, 0.3) is 0 Å². The molecule has 0 spiro atoms. The lowest BCUT2D eigenvalue weighted by atomic mass is 9.91. The van der Waals surface area contributed by atoms with Crippen LogP contribution >= 0.6 is 0 Å². The quantitative estimate of drug-likeness (QED) is 0.250. The summed E-state index contributed by atoms with van der Waals surface area (Å²) in [5, 5.41) is -7.49. The molecule has 35 heavy (non-hydrogen) atoms. The SMILES string of the molecule is CCCN(CCC)S(=O)(=O)C(F)(F)C(F)(F)C(F)(F)C(F)(F)C(F)(F)C(F)(F)C(F)(F)C(F)(F)F. The largest absolute Gasteiger partial charge is 0.460 e. The average molecular weight is 583 g/mol. The van der Waals surface area contributed by atoms with E-state index < -0.39 is 87.2 Å². The van der Waals surface area contributed by atoms with E-state index in [4.69, 9.17) is 0 Å². The fourth-order valence-electron chi connectivity index (χ4n) is 2.32. The molecular formula is C14H14F17NO2S. The highest BCUT2D eigenvalue weighted by Crippen LogP contribution is 2.64. The van der Waals surface area contributed by atoms with Crippen LogP contribution in [0.15, 0.2) is 0 Å². The van der Waals surface area contributed by atoms with Gasteiger partial charge in [0.25, 0.3) is 10.0 Å². The van der Waals surface area contributed by atoms with Crippen LogP contribution in [0.2, 0.25) is 0 Å². The van der Waals surface area contributed by atoms with Crippen molar-refractivity contribution >= 4 is 10.0 Å². The van der Waals surface area contributed by atoms with Gasteiger partial charge in [-0.3, -0.25) is 0 Å². The van der Waals surface area contributed by atoms with E-state index >= 15 is 0 Å². The van der Waals surface area contributed by atoms with E-state index in [2.05, 4.69) is 0 Å². The molecular weight excluding hydrogens is 569 g/mol. The average Bonchev–Trinajstić information content (AvgIpc) is 2.65. The molecule has 0 N–H and O–H groups in total. The Morgan fingerprint density at radius 2 is 0.743 bits per heavy atom. The minimum absolute atomic E-state index is 0.496. The Morgan fingerprint density at radius 3 is 1.00 bits per heavy atom. The van der Waals surface area contributed by atoms with E-state index in [0.717, 1.165) is 13.8 Å². The number of rotatable bonds is 12. The van der Waals surface area contributed by atoms with Crippen molar-refractivity contribution in [3.05, 3.63) is 0 Å². The number of nitrogens with zero attached hydrogens (tertiary/aromatic N) is 1. The fraction of sp³-hybridized carbons (Fsp3) is 1.00. The van der Waals surface area contributed by atoms with Gasteiger partial charge in [0.05, 0.1) is 0 Å². The van der Waals surface area contributed by atoms with E-state index in [0.29, 0.717) is 0 Å². The summed E-state index contributed by atoms with van der Waals surface area (Å²) >= 11 is 0. The summed E-state index contributed by atoms with van der Waals surface area (Å²) in [6.45, 7) is -0.285. The molecule has 0 aliphatic rings. The molecule has 0 aliphatic heterocycles. The van der Waals surface area contributed by atoms with Crippen molar-refractivity contribution in [2.24, 2.45) is 0 Å². The summed E-state index contributed by atoms with van der Waals surface area (Å²) in [7, 11) is -7.18. The maximum atomic E-state index is 14.1. The Bertz CT molecular complexity index is 843. The van der Waals surface area contributed by atoms with Gasteiger partial charge in [0.1, 0.15) is 0 Å². The van der Waals surface area contributed by atoms with Crippen molar-refractivity contribution in [3.63, 3.8) is 0 Å². The molecule has 0 aliphatic carbocycles. The number of alkyl halides is 17. The lowest BCUT2D eigenvalue weighted by Crippen LogP contribution is -2.75. The molecule has 0 fully saturated rings. The third-order valence-corrected chi connectivity index (χ3v) is 6.25. The minimum atomic E-state index is -8.82. The van der Waals surface area contributed by atoms with Crippen LogP contribution in [0.5, 0.6) is 0 Å². The molecule has 3 nitrogen and oxygen atoms in total. The highest BCUT2D eigenvalue weighted by molar-refractivity contribution is 7.90. The lowest BCUT2D eigenvalue weighted by Gasteiger charge is -2.43. The summed E-state index contributed by atoms with van der Waals surface area (Å²) in [6, 6.07) is 0. The van der Waals surface area contributed by atoms with Crippen molar-refractivity contribution in [1.82, 2.24) is 4.31 Å². The van der Waals surface area contributed by atoms with E-state index in [-0.39, 0.29) is 0 Å². The summed E-state index contributed by atoms with van der Waals surface area (Å²) < 4.78 is 248. The van der Waals surface area contributed by atoms with Crippen LogP contribution in [0.3, 0.4) is 0 Å². The van der Waals surface area contributed by atoms with Crippen LogP contribution < -0.4 is 0 Å². The second-order valence-corrected chi connectivity index (χ2v) is 8.84. The molecule has 0 atom stereocenters. The van der Waals surface area contributed by atoms with E-state index in [9.17, 15) is 83.1 Å². The monoisotopic (exact) mass is 583 g/mol. The molecule has 0 saturated heterocycles. The van der Waals surface area contributed by atoms with Gasteiger partial charge in [-0.25, -0.2) is 8.42 Å². The maximum Gasteiger partial charge on any atom is 0.460 e. The zero-order chi connectivity index (χ0) is 28.9. The van der Waals surface area contributed by atoms with Gasteiger partial charge in [-0.1, -0.05) is 13.8 Å². The van der Waals surface area contributed by atoms with Gasteiger partial charge < -0.3 is 0 Å². The van der Waals surface area contributed by atoms with Gasteiger partial charge in [0.2, 0.25) is 0 Å². The van der Waals surface area contributed by atoms with Gasteiger partial charge in [-0.05, 0) is 12.8 Å². The van der Waals surface area contributed by atoms with Crippen molar-refractivity contribution in [2.45, 2.75) is 73.7 Å². The predicted molar refractivity (Wildman–Crippen MR) is 81.8 cm³/mol. The van der Waals surface area contributed by atoms with Crippen LogP contribution in [0.4, 0.5) is 74.6 Å². The minimum Gasteiger partial charge on any atom is -0.206 e.